The van der Waals surface area contributed by atoms with Crippen LogP contribution in [-0.2, 0) is 0 Å². The van der Waals surface area contributed by atoms with Gasteiger partial charge in [0.25, 0.3) is 0 Å². The zero-order chi connectivity index (χ0) is 17.6. The van der Waals surface area contributed by atoms with Gasteiger partial charge in [-0.05, 0) is 51.0 Å². The molecular weight excluding hydrogens is 314 g/mol. The molecule has 3 rings (SSSR count). The van der Waals surface area contributed by atoms with E-state index in [9.17, 15) is 0 Å². The number of fused-ring (bicyclic) bond motifs is 1. The van der Waals surface area contributed by atoms with Crippen LogP contribution in [0.1, 0.15) is 49.3 Å². The number of hydrogen-bond donors (Lipinski definition) is 2. The summed E-state index contributed by atoms with van der Waals surface area (Å²) in [5.41, 5.74) is 1.25. The van der Waals surface area contributed by atoms with Crippen molar-refractivity contribution in [3.63, 3.8) is 0 Å². The van der Waals surface area contributed by atoms with E-state index in [0.717, 1.165) is 49.3 Å². The summed E-state index contributed by atoms with van der Waals surface area (Å²) in [6.07, 6.45) is 0.993. The Bertz CT molecular complexity index is 723. The van der Waals surface area contributed by atoms with Gasteiger partial charge in [0, 0.05) is 19.0 Å². The number of hydrogen-bond acceptors (Lipinski definition) is 3. The van der Waals surface area contributed by atoms with Gasteiger partial charge < -0.3 is 19.8 Å². The maximum Gasteiger partial charge on any atom is 0.191 e. The quantitative estimate of drug-likeness (QED) is 0.642. The van der Waals surface area contributed by atoms with Gasteiger partial charge in [0.05, 0.1) is 12.6 Å². The first-order valence-corrected chi connectivity index (χ1v) is 9.00. The molecule has 2 unspecified atom stereocenters. The van der Waals surface area contributed by atoms with Crippen molar-refractivity contribution in [2.75, 3.05) is 19.7 Å². The van der Waals surface area contributed by atoms with E-state index in [1.54, 1.807) is 0 Å². The molecule has 0 amide bonds. The van der Waals surface area contributed by atoms with Gasteiger partial charge in [-0.25, -0.2) is 0 Å². The Morgan fingerprint density at radius 2 is 2.12 bits per heavy atom. The van der Waals surface area contributed by atoms with Crippen molar-refractivity contribution in [3.05, 3.63) is 53.5 Å². The maximum absolute atomic E-state index is 5.74. The van der Waals surface area contributed by atoms with Crippen LogP contribution in [0, 0.1) is 6.92 Å². The van der Waals surface area contributed by atoms with E-state index in [2.05, 4.69) is 36.6 Å². The van der Waals surface area contributed by atoms with Gasteiger partial charge in [0.15, 0.2) is 5.96 Å². The molecule has 2 heterocycles. The van der Waals surface area contributed by atoms with Gasteiger partial charge in [0.2, 0.25) is 0 Å². The maximum atomic E-state index is 5.74. The second-order valence-corrected chi connectivity index (χ2v) is 6.41. The molecule has 1 aromatic heterocycles. The number of guanidine groups is 1. The lowest BCUT2D eigenvalue weighted by atomic mass is 9.93. The molecule has 0 spiro atoms. The zero-order valence-electron chi connectivity index (χ0n) is 15.2. The molecule has 0 fully saturated rings. The van der Waals surface area contributed by atoms with Crippen molar-refractivity contribution in [1.29, 1.82) is 0 Å². The Hall–Kier alpha value is -2.43. The molecule has 5 nitrogen and oxygen atoms in total. The minimum atomic E-state index is 0.0634. The van der Waals surface area contributed by atoms with Gasteiger partial charge in [-0.1, -0.05) is 18.2 Å². The van der Waals surface area contributed by atoms with Gasteiger partial charge in [-0.3, -0.25) is 4.99 Å². The van der Waals surface area contributed by atoms with Crippen LogP contribution in [0.15, 0.2) is 45.8 Å². The zero-order valence-corrected chi connectivity index (χ0v) is 15.2. The summed E-state index contributed by atoms with van der Waals surface area (Å²) in [5.74, 6) is 4.03. The van der Waals surface area contributed by atoms with Crippen LogP contribution in [0.25, 0.3) is 0 Å². The molecule has 2 atom stereocenters. The first kappa shape index (κ1) is 17.4. The van der Waals surface area contributed by atoms with Gasteiger partial charge in [-0.2, -0.15) is 0 Å². The summed E-state index contributed by atoms with van der Waals surface area (Å²) in [6, 6.07) is 12.3. The van der Waals surface area contributed by atoms with Crippen molar-refractivity contribution in [3.8, 4) is 5.75 Å². The number of para-hydroxylation sites is 1. The highest BCUT2D eigenvalue weighted by atomic mass is 16.5. The average molecular weight is 341 g/mol. The fourth-order valence-corrected chi connectivity index (χ4v) is 3.09. The third-order valence-electron chi connectivity index (χ3n) is 4.44. The van der Waals surface area contributed by atoms with Crippen molar-refractivity contribution < 1.29 is 9.15 Å². The largest absolute Gasteiger partial charge is 0.493 e. The van der Waals surface area contributed by atoms with Crippen LogP contribution in [-0.4, -0.2) is 25.7 Å². The molecule has 0 radical (unpaired) electrons. The Kier molecular flexibility index (Phi) is 5.64. The summed E-state index contributed by atoms with van der Waals surface area (Å²) >= 11 is 0. The summed E-state index contributed by atoms with van der Waals surface area (Å²) < 4.78 is 11.4. The van der Waals surface area contributed by atoms with E-state index in [-0.39, 0.29) is 6.04 Å². The Morgan fingerprint density at radius 1 is 1.28 bits per heavy atom. The van der Waals surface area contributed by atoms with Crippen molar-refractivity contribution >= 4 is 5.96 Å². The lowest BCUT2D eigenvalue weighted by molar-refractivity contribution is 0.269. The molecule has 0 saturated carbocycles. The Balaban J connectivity index is 1.68. The van der Waals surface area contributed by atoms with E-state index < -0.39 is 0 Å². The highest BCUT2D eigenvalue weighted by molar-refractivity contribution is 5.80. The third-order valence-corrected chi connectivity index (χ3v) is 4.44. The summed E-state index contributed by atoms with van der Waals surface area (Å²) in [6.45, 7) is 8.42. The molecule has 0 aliphatic carbocycles. The highest BCUT2D eigenvalue weighted by Crippen LogP contribution is 2.33. The highest BCUT2D eigenvalue weighted by Gasteiger charge is 2.21. The van der Waals surface area contributed by atoms with E-state index in [4.69, 9.17) is 14.1 Å². The number of aliphatic imine (C=N–C) groups is 1. The topological polar surface area (TPSA) is 58.8 Å². The Labute approximate surface area is 149 Å². The molecule has 0 bridgehead atoms. The number of nitrogens with one attached hydrogen (secondary N) is 2. The molecule has 25 heavy (non-hydrogen) atoms. The Morgan fingerprint density at radius 3 is 2.88 bits per heavy atom. The fourth-order valence-electron chi connectivity index (χ4n) is 3.09. The van der Waals surface area contributed by atoms with Crippen LogP contribution in [0.5, 0.6) is 5.75 Å². The third kappa shape index (κ3) is 4.35. The number of ether oxygens (including phenoxy) is 1. The van der Waals surface area contributed by atoms with Crippen molar-refractivity contribution in [2.45, 2.75) is 39.2 Å². The first-order valence-electron chi connectivity index (χ1n) is 9.00. The van der Waals surface area contributed by atoms with E-state index >= 15 is 0 Å². The lowest BCUT2D eigenvalue weighted by Gasteiger charge is -2.25. The summed E-state index contributed by atoms with van der Waals surface area (Å²) in [7, 11) is 0. The van der Waals surface area contributed by atoms with E-state index in [1.165, 1.54) is 5.56 Å². The number of benzene rings is 1. The molecule has 1 aromatic carbocycles. The standard InChI is InChI=1S/C20H27N3O2/c1-4-21-20(23-15(3)18-10-9-14(2)25-18)22-13-16-11-12-24-19-8-6-5-7-17(16)19/h5-10,15-16H,4,11-13H2,1-3H3,(H2,21,22,23). The second-order valence-electron chi connectivity index (χ2n) is 6.41. The molecule has 0 saturated heterocycles. The SMILES string of the molecule is CCNC(=NCC1CCOc2ccccc21)NC(C)c1ccc(C)o1. The minimum Gasteiger partial charge on any atom is -0.493 e. The number of rotatable bonds is 5. The predicted octanol–water partition coefficient (Wildman–Crippen LogP) is 3.77. The lowest BCUT2D eigenvalue weighted by Crippen LogP contribution is -2.39. The molecule has 134 valence electrons. The van der Waals surface area contributed by atoms with Crippen molar-refractivity contribution in [1.82, 2.24) is 10.6 Å². The average Bonchev–Trinajstić information content (AvgIpc) is 3.06. The normalized spacial score (nSPS) is 18.2. The van der Waals surface area contributed by atoms with Gasteiger partial charge >= 0.3 is 0 Å². The van der Waals surface area contributed by atoms with Gasteiger partial charge in [0.1, 0.15) is 17.3 Å². The minimum absolute atomic E-state index is 0.0634. The monoisotopic (exact) mass is 341 g/mol. The van der Waals surface area contributed by atoms with Crippen LogP contribution < -0.4 is 15.4 Å². The van der Waals surface area contributed by atoms with Crippen LogP contribution in [0.3, 0.4) is 0 Å². The van der Waals surface area contributed by atoms with Crippen molar-refractivity contribution in [2.24, 2.45) is 4.99 Å². The van der Waals surface area contributed by atoms with E-state index in [1.807, 2.05) is 31.2 Å². The smallest absolute Gasteiger partial charge is 0.191 e. The molecule has 2 aromatic rings. The number of furan rings is 1. The molecule has 1 aliphatic rings. The number of aryl methyl sites for hydroxylation is 1. The summed E-state index contributed by atoms with van der Waals surface area (Å²) in [4.78, 5) is 4.81. The molecule has 2 N–H and O–H groups in total. The van der Waals surface area contributed by atoms with Crippen LogP contribution >= 0.6 is 0 Å². The molecule has 1 aliphatic heterocycles. The molecule has 5 heteroatoms. The van der Waals surface area contributed by atoms with Crippen LogP contribution in [0.4, 0.5) is 0 Å². The molecular formula is C20H27N3O2. The van der Waals surface area contributed by atoms with E-state index in [0.29, 0.717) is 5.92 Å². The second kappa shape index (κ2) is 8.10. The first-order chi connectivity index (χ1) is 12.2. The van der Waals surface area contributed by atoms with Gasteiger partial charge in [-0.15, -0.1) is 0 Å². The van der Waals surface area contributed by atoms with Crippen LogP contribution in [0.2, 0.25) is 0 Å². The fraction of sp³-hybridized carbons (Fsp3) is 0.450. The number of nitrogens with zero attached hydrogens (tertiary/aromatic N) is 1. The summed E-state index contributed by atoms with van der Waals surface area (Å²) in [5, 5.41) is 6.74. The predicted molar refractivity (Wildman–Crippen MR) is 100 cm³/mol.